The van der Waals surface area contributed by atoms with Gasteiger partial charge in [0, 0.05) is 25.1 Å². The first kappa shape index (κ1) is 20.4. The Labute approximate surface area is 187 Å². The van der Waals surface area contributed by atoms with E-state index in [0.29, 0.717) is 34.0 Å². The van der Waals surface area contributed by atoms with Crippen LogP contribution in [0.2, 0.25) is 0 Å². The summed E-state index contributed by atoms with van der Waals surface area (Å²) in [7, 11) is 1.61. The lowest BCUT2D eigenvalue weighted by Gasteiger charge is -2.12. The van der Waals surface area contributed by atoms with Gasteiger partial charge >= 0.3 is 0 Å². The van der Waals surface area contributed by atoms with Gasteiger partial charge in [-0.3, -0.25) is 14.5 Å². The van der Waals surface area contributed by atoms with Gasteiger partial charge in [-0.15, -0.1) is 0 Å². The molecule has 0 radical (unpaired) electrons. The van der Waals surface area contributed by atoms with E-state index in [-0.39, 0.29) is 16.9 Å². The van der Waals surface area contributed by atoms with Crippen molar-refractivity contribution in [1.29, 1.82) is 0 Å². The lowest BCUT2D eigenvalue weighted by atomic mass is 10.1. The zero-order valence-electron chi connectivity index (χ0n) is 17.8. The minimum atomic E-state index is -0.604. The van der Waals surface area contributed by atoms with Crippen molar-refractivity contribution in [3.05, 3.63) is 88.9 Å². The minimum Gasteiger partial charge on any atom is -0.453 e. The normalized spacial score (nSPS) is 11.0. The molecule has 2 aromatic carbocycles. The molecule has 0 fully saturated rings. The van der Waals surface area contributed by atoms with Gasteiger partial charge in [0.2, 0.25) is 5.95 Å². The molecule has 5 rings (SSSR count). The number of aromatic nitrogens is 5. The average Bonchev–Trinajstić information content (AvgIpc) is 3.21. The van der Waals surface area contributed by atoms with Crippen LogP contribution < -0.4 is 15.6 Å². The molecule has 0 amide bonds. The number of anilines is 2. The van der Waals surface area contributed by atoms with Crippen molar-refractivity contribution in [1.82, 2.24) is 24.7 Å². The topological polar surface area (TPSA) is 97.7 Å². The number of para-hydroxylation sites is 1. The molecule has 8 nitrogen and oxygen atoms in total. The number of H-pyrrole nitrogens is 1. The van der Waals surface area contributed by atoms with Crippen LogP contribution >= 0.6 is 0 Å². The Morgan fingerprint density at radius 3 is 2.67 bits per heavy atom. The Morgan fingerprint density at radius 1 is 1.06 bits per heavy atom. The van der Waals surface area contributed by atoms with Crippen LogP contribution in [0.4, 0.5) is 16.0 Å². The monoisotopic (exact) mass is 442 g/mol. The van der Waals surface area contributed by atoms with E-state index in [2.05, 4.69) is 25.5 Å². The predicted octanol–water partition coefficient (Wildman–Crippen LogP) is 4.70. The SMILES string of the molecule is Cc1n[nH]c2nccc(Oc3ccc(-c4cnc(Nc5ccccc5)n(C)c4=O)cc3F)c12. The van der Waals surface area contributed by atoms with Crippen molar-refractivity contribution >= 4 is 22.7 Å². The molecule has 0 aliphatic rings. The predicted molar refractivity (Wildman–Crippen MR) is 123 cm³/mol. The Balaban J connectivity index is 1.45. The van der Waals surface area contributed by atoms with Crippen LogP contribution in [-0.4, -0.2) is 24.7 Å². The van der Waals surface area contributed by atoms with Gasteiger partial charge < -0.3 is 10.1 Å². The van der Waals surface area contributed by atoms with Crippen LogP contribution in [0.25, 0.3) is 22.2 Å². The lowest BCUT2D eigenvalue weighted by molar-refractivity contribution is 0.446. The van der Waals surface area contributed by atoms with Gasteiger partial charge in [-0.05, 0) is 42.8 Å². The molecule has 164 valence electrons. The molecule has 0 saturated heterocycles. The highest BCUT2D eigenvalue weighted by molar-refractivity contribution is 5.84. The number of ether oxygens (including phenoxy) is 1. The van der Waals surface area contributed by atoms with E-state index in [9.17, 15) is 9.18 Å². The molecule has 0 atom stereocenters. The first-order valence-corrected chi connectivity index (χ1v) is 10.2. The van der Waals surface area contributed by atoms with Gasteiger partial charge in [0.05, 0.1) is 16.6 Å². The van der Waals surface area contributed by atoms with Crippen molar-refractivity contribution in [2.75, 3.05) is 5.32 Å². The summed E-state index contributed by atoms with van der Waals surface area (Å²) in [6.45, 7) is 1.81. The fourth-order valence-corrected chi connectivity index (χ4v) is 3.53. The third-order valence-electron chi connectivity index (χ3n) is 5.27. The molecule has 0 unspecified atom stereocenters. The maximum atomic E-state index is 14.9. The number of nitrogens with one attached hydrogen (secondary N) is 2. The molecule has 0 aliphatic heterocycles. The fraction of sp³-hybridized carbons (Fsp3) is 0.0833. The Bertz CT molecular complexity index is 1530. The van der Waals surface area contributed by atoms with Crippen LogP contribution in [0, 0.1) is 12.7 Å². The number of nitrogens with zero attached hydrogens (tertiary/aromatic N) is 4. The Kier molecular flexibility index (Phi) is 5.06. The zero-order chi connectivity index (χ0) is 22.9. The first-order valence-electron chi connectivity index (χ1n) is 10.2. The molecule has 3 aromatic heterocycles. The molecule has 0 bridgehead atoms. The Morgan fingerprint density at radius 2 is 1.88 bits per heavy atom. The van der Waals surface area contributed by atoms with Crippen LogP contribution in [0.3, 0.4) is 0 Å². The van der Waals surface area contributed by atoms with E-state index in [4.69, 9.17) is 4.74 Å². The molecule has 0 saturated carbocycles. The molecule has 9 heteroatoms. The van der Waals surface area contributed by atoms with Crippen molar-refractivity contribution in [2.45, 2.75) is 6.92 Å². The summed E-state index contributed by atoms with van der Waals surface area (Å²) in [5.74, 6) is 0.241. The molecule has 33 heavy (non-hydrogen) atoms. The molecule has 0 spiro atoms. The van der Waals surface area contributed by atoms with Crippen molar-refractivity contribution in [3.8, 4) is 22.6 Å². The number of hydrogen-bond donors (Lipinski definition) is 2. The third kappa shape index (κ3) is 3.80. The van der Waals surface area contributed by atoms with E-state index in [1.807, 2.05) is 37.3 Å². The number of pyridine rings is 1. The van der Waals surface area contributed by atoms with Gasteiger partial charge in [0.1, 0.15) is 5.75 Å². The maximum Gasteiger partial charge on any atom is 0.262 e. The highest BCUT2D eigenvalue weighted by Crippen LogP contribution is 2.32. The maximum absolute atomic E-state index is 14.9. The second-order valence-corrected chi connectivity index (χ2v) is 7.44. The largest absolute Gasteiger partial charge is 0.453 e. The van der Waals surface area contributed by atoms with Crippen molar-refractivity contribution in [2.24, 2.45) is 7.05 Å². The number of fused-ring (bicyclic) bond motifs is 1. The smallest absolute Gasteiger partial charge is 0.262 e. The summed E-state index contributed by atoms with van der Waals surface area (Å²) >= 11 is 0. The number of aryl methyl sites for hydroxylation is 1. The van der Waals surface area contributed by atoms with Gasteiger partial charge in [-0.2, -0.15) is 5.10 Å². The summed E-state index contributed by atoms with van der Waals surface area (Å²) in [6, 6.07) is 15.4. The number of benzene rings is 2. The minimum absolute atomic E-state index is 0.0268. The van der Waals surface area contributed by atoms with Crippen molar-refractivity contribution < 1.29 is 9.13 Å². The Hall–Kier alpha value is -4.53. The standard InChI is InChI=1S/C24H19FN6O2/c1-14-21-20(10-11-26-22(21)30-29-14)33-19-9-8-15(12-18(19)25)17-13-27-24(31(2)23(17)32)28-16-6-4-3-5-7-16/h3-13H,1-2H3,(H,27,28)(H,26,29,30). The second-order valence-electron chi connectivity index (χ2n) is 7.44. The van der Waals surface area contributed by atoms with E-state index < -0.39 is 5.82 Å². The van der Waals surface area contributed by atoms with Crippen LogP contribution in [-0.2, 0) is 7.05 Å². The molecule has 2 N–H and O–H groups in total. The zero-order valence-corrected chi connectivity index (χ0v) is 17.8. The van der Waals surface area contributed by atoms with Crippen LogP contribution in [0.1, 0.15) is 5.69 Å². The highest BCUT2D eigenvalue weighted by atomic mass is 19.1. The fourth-order valence-electron chi connectivity index (χ4n) is 3.53. The molecule has 0 aliphatic carbocycles. The van der Waals surface area contributed by atoms with Crippen LogP contribution in [0.15, 0.2) is 71.8 Å². The summed E-state index contributed by atoms with van der Waals surface area (Å²) in [4.78, 5) is 21.5. The van der Waals surface area contributed by atoms with Crippen LogP contribution in [0.5, 0.6) is 11.5 Å². The quantitative estimate of drug-likeness (QED) is 0.409. The lowest BCUT2D eigenvalue weighted by Crippen LogP contribution is -2.22. The molecule has 5 aromatic rings. The average molecular weight is 442 g/mol. The number of hydrogen-bond acceptors (Lipinski definition) is 6. The highest BCUT2D eigenvalue weighted by Gasteiger charge is 2.15. The first-order chi connectivity index (χ1) is 16.0. The number of halogens is 1. The number of aromatic amines is 1. The molecular formula is C24H19FN6O2. The van der Waals surface area contributed by atoms with Gasteiger partial charge in [0.15, 0.2) is 17.2 Å². The van der Waals surface area contributed by atoms with E-state index >= 15 is 0 Å². The summed E-state index contributed by atoms with van der Waals surface area (Å²) in [6.07, 6.45) is 2.99. The second kappa shape index (κ2) is 8.19. The van der Waals surface area contributed by atoms with E-state index in [1.54, 1.807) is 25.4 Å². The van der Waals surface area contributed by atoms with Gasteiger partial charge in [-0.1, -0.05) is 24.3 Å². The van der Waals surface area contributed by atoms with Crippen molar-refractivity contribution in [3.63, 3.8) is 0 Å². The number of rotatable bonds is 5. The van der Waals surface area contributed by atoms with E-state index in [1.165, 1.54) is 22.9 Å². The summed E-state index contributed by atoms with van der Waals surface area (Å²) in [5, 5.41) is 10.7. The van der Waals surface area contributed by atoms with Gasteiger partial charge in [-0.25, -0.2) is 14.4 Å². The van der Waals surface area contributed by atoms with E-state index in [0.717, 1.165) is 5.69 Å². The molecular weight excluding hydrogens is 423 g/mol. The molecule has 3 heterocycles. The van der Waals surface area contributed by atoms with Gasteiger partial charge in [0.25, 0.3) is 5.56 Å². The third-order valence-corrected chi connectivity index (χ3v) is 5.27. The summed E-state index contributed by atoms with van der Waals surface area (Å²) < 4.78 is 22.1. The summed E-state index contributed by atoms with van der Waals surface area (Å²) in [5.41, 5.74) is 2.43.